The number of nitrogens with zero attached hydrogens (tertiary/aromatic N) is 2. The maximum atomic E-state index is 12.4. The lowest BCUT2D eigenvalue weighted by atomic mass is 10.2. The topological polar surface area (TPSA) is 84.0 Å². The fourth-order valence-electron chi connectivity index (χ4n) is 2.42. The molecule has 0 unspecified atom stereocenters. The molecule has 140 valence electrons. The summed E-state index contributed by atoms with van der Waals surface area (Å²) in [5.41, 5.74) is 0.799. The number of hydrogen-bond donors (Lipinski definition) is 0. The van der Waals surface area contributed by atoms with Gasteiger partial charge in [0, 0.05) is 37.7 Å². The number of ether oxygens (including phenoxy) is 1. The summed E-state index contributed by atoms with van der Waals surface area (Å²) in [6, 6.07) is 9.16. The highest BCUT2D eigenvalue weighted by Crippen LogP contribution is 2.11. The van der Waals surface area contributed by atoms with Crippen LogP contribution in [0.15, 0.2) is 47.9 Å². The van der Waals surface area contributed by atoms with Crippen molar-refractivity contribution in [1.82, 2.24) is 9.21 Å². The lowest BCUT2D eigenvalue weighted by molar-refractivity contribution is -0.148. The Hall–Kier alpha value is -2.45. The van der Waals surface area contributed by atoms with Crippen LogP contribution in [0.3, 0.4) is 0 Å². The van der Waals surface area contributed by atoms with Gasteiger partial charge in [0.2, 0.25) is 10.0 Å². The molecular formula is C18H22N2O5S. The molecule has 0 saturated carbocycles. The van der Waals surface area contributed by atoms with Gasteiger partial charge in [0.05, 0.1) is 0 Å². The molecule has 0 atom stereocenters. The Bertz CT molecular complexity index is 779. The first kappa shape index (κ1) is 19.9. The summed E-state index contributed by atoms with van der Waals surface area (Å²) in [7, 11) is -3.54. The number of benzene rings is 1. The van der Waals surface area contributed by atoms with E-state index < -0.39 is 16.0 Å². The number of sulfonamides is 1. The molecule has 1 aliphatic heterocycles. The predicted molar refractivity (Wildman–Crippen MR) is 98.3 cm³/mol. The molecule has 1 aromatic carbocycles. The van der Waals surface area contributed by atoms with E-state index in [0.29, 0.717) is 0 Å². The van der Waals surface area contributed by atoms with E-state index in [-0.39, 0.29) is 38.7 Å². The van der Waals surface area contributed by atoms with Crippen LogP contribution >= 0.6 is 0 Å². The van der Waals surface area contributed by atoms with Crippen LogP contribution in [0, 0.1) is 0 Å². The summed E-state index contributed by atoms with van der Waals surface area (Å²) in [4.78, 5) is 24.7. The van der Waals surface area contributed by atoms with Crippen LogP contribution < -0.4 is 0 Å². The number of amides is 1. The standard InChI is InChI=1S/C18H22N2O5S/c1-2-6-18(22)25-15-17(21)19-10-12-20(13-11-19)26(23,24)14-9-16-7-4-3-5-8-16/h2-9,14H,10-13,15H2,1H3/b6-2+,14-9+. The molecule has 0 aromatic heterocycles. The summed E-state index contributed by atoms with van der Waals surface area (Å²) in [5, 5.41) is 1.18. The van der Waals surface area contributed by atoms with Crippen molar-refractivity contribution in [1.29, 1.82) is 0 Å². The van der Waals surface area contributed by atoms with Crippen LogP contribution in [0.4, 0.5) is 0 Å². The average molecular weight is 378 g/mol. The molecule has 0 N–H and O–H groups in total. The molecule has 7 nitrogen and oxygen atoms in total. The van der Waals surface area contributed by atoms with Gasteiger partial charge in [-0.25, -0.2) is 13.2 Å². The third kappa shape index (κ3) is 5.82. The first-order chi connectivity index (χ1) is 12.4. The molecule has 0 spiro atoms. The zero-order chi connectivity index (χ0) is 19.0. The molecule has 0 bridgehead atoms. The van der Waals surface area contributed by atoms with Gasteiger partial charge in [-0.1, -0.05) is 36.4 Å². The van der Waals surface area contributed by atoms with E-state index in [1.165, 1.54) is 26.8 Å². The van der Waals surface area contributed by atoms with Gasteiger partial charge in [-0.15, -0.1) is 0 Å². The fourth-order valence-corrected chi connectivity index (χ4v) is 3.59. The van der Waals surface area contributed by atoms with Crippen LogP contribution in [0.2, 0.25) is 0 Å². The number of carbonyl (C=O) groups excluding carboxylic acids is 2. The minimum Gasteiger partial charge on any atom is -0.452 e. The first-order valence-corrected chi connectivity index (χ1v) is 9.73. The largest absolute Gasteiger partial charge is 0.452 e. The normalized spacial score (nSPS) is 16.3. The Morgan fingerprint density at radius 3 is 2.38 bits per heavy atom. The van der Waals surface area contributed by atoms with Crippen molar-refractivity contribution in [2.45, 2.75) is 6.92 Å². The second kappa shape index (κ2) is 9.30. The molecule has 1 aromatic rings. The third-order valence-electron chi connectivity index (χ3n) is 3.82. The lowest BCUT2D eigenvalue weighted by Gasteiger charge is -2.33. The van der Waals surface area contributed by atoms with Gasteiger partial charge in [0.15, 0.2) is 6.61 Å². The van der Waals surface area contributed by atoms with Gasteiger partial charge < -0.3 is 9.64 Å². The Balaban J connectivity index is 1.86. The van der Waals surface area contributed by atoms with E-state index >= 15 is 0 Å². The van der Waals surface area contributed by atoms with E-state index in [2.05, 4.69) is 0 Å². The van der Waals surface area contributed by atoms with Crippen molar-refractivity contribution in [3.8, 4) is 0 Å². The Kier molecular flexibility index (Phi) is 7.11. The van der Waals surface area contributed by atoms with Crippen molar-refractivity contribution in [2.24, 2.45) is 0 Å². The van der Waals surface area contributed by atoms with Gasteiger partial charge in [0.25, 0.3) is 5.91 Å². The van der Waals surface area contributed by atoms with Crippen LogP contribution in [0.1, 0.15) is 12.5 Å². The Morgan fingerprint density at radius 1 is 1.12 bits per heavy atom. The van der Waals surface area contributed by atoms with Gasteiger partial charge in [0.1, 0.15) is 0 Å². The van der Waals surface area contributed by atoms with E-state index in [9.17, 15) is 18.0 Å². The Morgan fingerprint density at radius 2 is 1.77 bits per heavy atom. The van der Waals surface area contributed by atoms with E-state index in [1.54, 1.807) is 13.0 Å². The van der Waals surface area contributed by atoms with Crippen molar-refractivity contribution < 1.29 is 22.7 Å². The SMILES string of the molecule is C/C=C/C(=O)OCC(=O)N1CCN(S(=O)(=O)/C=C/c2ccccc2)CC1. The molecule has 26 heavy (non-hydrogen) atoms. The lowest BCUT2D eigenvalue weighted by Crippen LogP contribution is -2.51. The van der Waals surface area contributed by atoms with Gasteiger partial charge >= 0.3 is 5.97 Å². The molecule has 8 heteroatoms. The van der Waals surface area contributed by atoms with E-state index in [1.807, 2.05) is 30.3 Å². The highest BCUT2D eigenvalue weighted by atomic mass is 32.2. The van der Waals surface area contributed by atoms with Gasteiger partial charge in [-0.3, -0.25) is 4.79 Å². The van der Waals surface area contributed by atoms with E-state index in [4.69, 9.17) is 4.74 Å². The van der Waals surface area contributed by atoms with Crippen LogP contribution in [-0.4, -0.2) is 62.3 Å². The molecule has 1 saturated heterocycles. The number of esters is 1. The molecule has 1 aliphatic rings. The second-order valence-electron chi connectivity index (χ2n) is 5.65. The van der Waals surface area contributed by atoms with Crippen molar-refractivity contribution in [3.05, 3.63) is 53.5 Å². The molecule has 0 aliphatic carbocycles. The summed E-state index contributed by atoms with van der Waals surface area (Å²) in [6.07, 6.45) is 4.31. The number of rotatable bonds is 6. The smallest absolute Gasteiger partial charge is 0.330 e. The van der Waals surface area contributed by atoms with Crippen molar-refractivity contribution >= 4 is 28.0 Å². The summed E-state index contributed by atoms with van der Waals surface area (Å²) >= 11 is 0. The van der Waals surface area contributed by atoms with Crippen LogP contribution in [0.25, 0.3) is 6.08 Å². The molecule has 1 amide bonds. The monoisotopic (exact) mass is 378 g/mol. The summed E-state index contributed by atoms with van der Waals surface area (Å²) < 4.78 is 30.9. The van der Waals surface area contributed by atoms with Crippen LogP contribution in [-0.2, 0) is 24.3 Å². The predicted octanol–water partition coefficient (Wildman–Crippen LogP) is 1.25. The zero-order valence-corrected chi connectivity index (χ0v) is 15.4. The molecule has 2 rings (SSSR count). The average Bonchev–Trinajstić information content (AvgIpc) is 2.66. The maximum absolute atomic E-state index is 12.4. The first-order valence-electron chi connectivity index (χ1n) is 8.23. The van der Waals surface area contributed by atoms with Crippen LogP contribution in [0.5, 0.6) is 0 Å². The summed E-state index contributed by atoms with van der Waals surface area (Å²) in [6.45, 7) is 2.27. The second-order valence-corrected chi connectivity index (χ2v) is 7.46. The number of allylic oxidation sites excluding steroid dienone is 1. The quantitative estimate of drug-likeness (QED) is 0.549. The fraction of sp³-hybridized carbons (Fsp3) is 0.333. The van der Waals surface area contributed by atoms with E-state index in [0.717, 1.165) is 5.56 Å². The number of hydrogen-bond acceptors (Lipinski definition) is 5. The number of carbonyl (C=O) groups is 2. The van der Waals surface area contributed by atoms with Gasteiger partial charge in [-0.2, -0.15) is 4.31 Å². The van der Waals surface area contributed by atoms with Gasteiger partial charge in [-0.05, 0) is 18.6 Å². The summed E-state index contributed by atoms with van der Waals surface area (Å²) in [5.74, 6) is -0.909. The highest BCUT2D eigenvalue weighted by Gasteiger charge is 2.27. The molecule has 1 heterocycles. The third-order valence-corrected chi connectivity index (χ3v) is 5.39. The Labute approximate surface area is 153 Å². The maximum Gasteiger partial charge on any atom is 0.330 e. The highest BCUT2D eigenvalue weighted by molar-refractivity contribution is 7.92. The minimum absolute atomic E-state index is 0.204. The zero-order valence-electron chi connectivity index (χ0n) is 14.6. The molecule has 1 fully saturated rings. The minimum atomic E-state index is -3.54. The number of piperazine rings is 1. The van der Waals surface area contributed by atoms with Crippen molar-refractivity contribution in [3.63, 3.8) is 0 Å². The molecule has 0 radical (unpaired) electrons. The molecular weight excluding hydrogens is 356 g/mol. The van der Waals surface area contributed by atoms with Crippen molar-refractivity contribution in [2.75, 3.05) is 32.8 Å².